The van der Waals surface area contributed by atoms with Crippen LogP contribution in [-0.4, -0.2) is 34.4 Å². The molecular weight excluding hydrogens is 396 g/mol. The van der Waals surface area contributed by atoms with Crippen molar-refractivity contribution in [1.29, 1.82) is 0 Å². The molecule has 31 heavy (non-hydrogen) atoms. The van der Waals surface area contributed by atoms with Gasteiger partial charge in [0.2, 0.25) is 0 Å². The first-order valence-corrected chi connectivity index (χ1v) is 9.94. The lowest BCUT2D eigenvalue weighted by atomic mass is 10.1. The lowest BCUT2D eigenvalue weighted by molar-refractivity contribution is 0.0598. The number of para-hydroxylation sites is 1. The number of hydrazine groups is 1. The maximum atomic E-state index is 12.7. The Morgan fingerprint density at radius 3 is 2.29 bits per heavy atom. The fraction of sp³-hybridized carbons (Fsp3) is 0.261. The molecule has 1 aromatic carbocycles. The molecule has 0 aliphatic carbocycles. The molecule has 2 amide bonds. The number of H-pyrrole nitrogens is 1. The van der Waals surface area contributed by atoms with Crippen LogP contribution >= 0.6 is 0 Å². The van der Waals surface area contributed by atoms with Crippen molar-refractivity contribution in [3.63, 3.8) is 0 Å². The zero-order valence-electron chi connectivity index (χ0n) is 18.3. The maximum absolute atomic E-state index is 12.7. The molecule has 0 fully saturated rings. The summed E-state index contributed by atoms with van der Waals surface area (Å²) in [6.45, 7) is 7.29. The van der Waals surface area contributed by atoms with E-state index in [1.807, 2.05) is 55.7 Å². The second-order valence-electron chi connectivity index (χ2n) is 7.19. The summed E-state index contributed by atoms with van der Waals surface area (Å²) in [4.78, 5) is 40.4. The number of hydrogen-bond acceptors (Lipinski definition) is 4. The van der Waals surface area contributed by atoms with Crippen LogP contribution in [0.15, 0.2) is 36.4 Å². The Morgan fingerprint density at radius 1 is 1.03 bits per heavy atom. The number of aromatic nitrogens is 2. The summed E-state index contributed by atoms with van der Waals surface area (Å²) in [5, 5.41) is 0. The summed E-state index contributed by atoms with van der Waals surface area (Å²) in [5.74, 6) is -1.49. The molecule has 2 aromatic heterocycles. The lowest BCUT2D eigenvalue weighted by Crippen LogP contribution is -2.42. The van der Waals surface area contributed by atoms with Gasteiger partial charge in [0.1, 0.15) is 5.69 Å². The van der Waals surface area contributed by atoms with Crippen molar-refractivity contribution in [2.45, 2.75) is 34.1 Å². The average molecular weight is 422 g/mol. The molecule has 8 heteroatoms. The Labute approximate surface area is 180 Å². The van der Waals surface area contributed by atoms with Crippen LogP contribution in [0, 0.1) is 20.8 Å². The first-order chi connectivity index (χ1) is 14.8. The van der Waals surface area contributed by atoms with Crippen LogP contribution in [0.1, 0.15) is 60.8 Å². The van der Waals surface area contributed by atoms with Crippen molar-refractivity contribution < 1.29 is 19.1 Å². The molecule has 3 N–H and O–H groups in total. The highest BCUT2D eigenvalue weighted by atomic mass is 16.5. The van der Waals surface area contributed by atoms with Gasteiger partial charge in [0.25, 0.3) is 11.8 Å². The molecule has 0 aliphatic heterocycles. The number of esters is 1. The van der Waals surface area contributed by atoms with Gasteiger partial charge in [0, 0.05) is 22.8 Å². The number of nitrogens with zero attached hydrogens (tertiary/aromatic N) is 1. The van der Waals surface area contributed by atoms with Crippen LogP contribution in [0.2, 0.25) is 0 Å². The van der Waals surface area contributed by atoms with Crippen molar-refractivity contribution in [1.82, 2.24) is 20.4 Å². The van der Waals surface area contributed by atoms with Gasteiger partial charge in [-0.2, -0.15) is 0 Å². The SMILES string of the molecule is CCc1[nH]c(C(=O)NNC(=O)c2cc(C)n(-c3ccccc3)c2C)c(C)c1C(=O)OC. The molecule has 0 saturated carbocycles. The zero-order valence-corrected chi connectivity index (χ0v) is 18.3. The Balaban J connectivity index is 1.79. The van der Waals surface area contributed by atoms with E-state index in [9.17, 15) is 14.4 Å². The fourth-order valence-electron chi connectivity index (χ4n) is 3.74. The van der Waals surface area contributed by atoms with E-state index >= 15 is 0 Å². The van der Waals surface area contributed by atoms with Crippen molar-refractivity contribution in [3.8, 4) is 5.69 Å². The molecule has 0 atom stereocenters. The predicted molar refractivity (Wildman–Crippen MR) is 116 cm³/mol. The van der Waals surface area contributed by atoms with E-state index in [4.69, 9.17) is 4.74 Å². The normalized spacial score (nSPS) is 10.6. The van der Waals surface area contributed by atoms with E-state index in [1.54, 1.807) is 13.0 Å². The summed E-state index contributed by atoms with van der Waals surface area (Å²) >= 11 is 0. The third kappa shape index (κ3) is 4.09. The Bertz CT molecular complexity index is 1140. The standard InChI is InChI=1S/C23H26N4O4/c1-6-18-19(23(30)31-5)14(3)20(24-18)22(29)26-25-21(28)17-12-13(2)27(15(17)4)16-10-8-7-9-11-16/h7-12,24H,6H2,1-5H3,(H,25,28)(H,26,29). The molecule has 2 heterocycles. The molecule has 0 aliphatic rings. The molecule has 0 unspecified atom stereocenters. The molecule has 0 spiro atoms. The van der Waals surface area contributed by atoms with E-state index in [0.29, 0.717) is 28.8 Å². The molecule has 162 valence electrons. The third-order valence-electron chi connectivity index (χ3n) is 5.28. The minimum atomic E-state index is -0.549. The molecule has 0 radical (unpaired) electrons. The van der Waals surface area contributed by atoms with Gasteiger partial charge in [-0.15, -0.1) is 0 Å². The van der Waals surface area contributed by atoms with Crippen LogP contribution < -0.4 is 10.9 Å². The van der Waals surface area contributed by atoms with Gasteiger partial charge < -0.3 is 14.3 Å². The van der Waals surface area contributed by atoms with Crippen LogP contribution in [0.25, 0.3) is 5.69 Å². The van der Waals surface area contributed by atoms with Gasteiger partial charge in [0.15, 0.2) is 0 Å². The van der Waals surface area contributed by atoms with Gasteiger partial charge in [-0.1, -0.05) is 25.1 Å². The minimum Gasteiger partial charge on any atom is -0.465 e. The van der Waals surface area contributed by atoms with E-state index in [-0.39, 0.29) is 5.69 Å². The van der Waals surface area contributed by atoms with E-state index in [2.05, 4.69) is 15.8 Å². The smallest absolute Gasteiger partial charge is 0.339 e. The van der Waals surface area contributed by atoms with Crippen molar-refractivity contribution in [2.75, 3.05) is 7.11 Å². The molecule has 8 nitrogen and oxygen atoms in total. The van der Waals surface area contributed by atoms with Crippen LogP contribution in [0.3, 0.4) is 0 Å². The quantitative estimate of drug-likeness (QED) is 0.434. The highest BCUT2D eigenvalue weighted by Gasteiger charge is 2.24. The monoisotopic (exact) mass is 422 g/mol. The van der Waals surface area contributed by atoms with Gasteiger partial charge >= 0.3 is 5.97 Å². The average Bonchev–Trinajstić information content (AvgIpc) is 3.27. The number of nitrogens with one attached hydrogen (secondary N) is 3. The summed E-state index contributed by atoms with van der Waals surface area (Å²) in [5.41, 5.74) is 9.56. The predicted octanol–water partition coefficient (Wildman–Crippen LogP) is 3.15. The van der Waals surface area contributed by atoms with Gasteiger partial charge in [0.05, 0.1) is 18.2 Å². The van der Waals surface area contributed by atoms with Crippen molar-refractivity contribution in [3.05, 3.63) is 75.9 Å². The second-order valence-corrected chi connectivity index (χ2v) is 7.19. The molecule has 3 rings (SSSR count). The van der Waals surface area contributed by atoms with Gasteiger partial charge in [-0.25, -0.2) is 4.79 Å². The number of carbonyl (C=O) groups excluding carboxylic acids is 3. The first-order valence-electron chi connectivity index (χ1n) is 9.94. The summed E-state index contributed by atoms with van der Waals surface area (Å²) < 4.78 is 6.78. The maximum Gasteiger partial charge on any atom is 0.339 e. The van der Waals surface area contributed by atoms with Crippen LogP contribution in [0.5, 0.6) is 0 Å². The van der Waals surface area contributed by atoms with Crippen LogP contribution in [-0.2, 0) is 11.2 Å². The van der Waals surface area contributed by atoms with E-state index in [1.165, 1.54) is 7.11 Å². The number of aromatic amines is 1. The summed E-state index contributed by atoms with van der Waals surface area (Å²) in [6.07, 6.45) is 0.524. The number of amides is 2. The topological polar surface area (TPSA) is 105 Å². The van der Waals surface area contributed by atoms with E-state index < -0.39 is 17.8 Å². The van der Waals surface area contributed by atoms with Gasteiger partial charge in [-0.05, 0) is 51.0 Å². The van der Waals surface area contributed by atoms with Crippen LogP contribution in [0.4, 0.5) is 0 Å². The molecular formula is C23H26N4O4. The summed E-state index contributed by atoms with van der Waals surface area (Å²) in [6, 6.07) is 11.5. The molecule has 0 bridgehead atoms. The second kappa shape index (κ2) is 8.91. The van der Waals surface area contributed by atoms with Crippen molar-refractivity contribution in [2.24, 2.45) is 0 Å². The number of benzene rings is 1. The number of aryl methyl sites for hydroxylation is 2. The number of ether oxygens (including phenoxy) is 1. The summed E-state index contributed by atoms with van der Waals surface area (Å²) in [7, 11) is 1.29. The number of methoxy groups -OCH3 is 1. The molecule has 3 aromatic rings. The van der Waals surface area contributed by atoms with Gasteiger partial charge in [-0.3, -0.25) is 20.4 Å². The van der Waals surface area contributed by atoms with E-state index in [0.717, 1.165) is 17.1 Å². The Kier molecular flexibility index (Phi) is 6.29. The Morgan fingerprint density at radius 2 is 1.68 bits per heavy atom. The number of carbonyl (C=O) groups is 3. The molecule has 0 saturated heterocycles. The zero-order chi connectivity index (χ0) is 22.7. The third-order valence-corrected chi connectivity index (χ3v) is 5.28. The lowest BCUT2D eigenvalue weighted by Gasteiger charge is -2.10. The largest absolute Gasteiger partial charge is 0.465 e. The minimum absolute atomic E-state index is 0.201. The van der Waals surface area contributed by atoms with Crippen molar-refractivity contribution >= 4 is 17.8 Å². The first kappa shape index (κ1) is 21.9. The number of rotatable bonds is 5. The fourth-order valence-corrected chi connectivity index (χ4v) is 3.74. The highest BCUT2D eigenvalue weighted by Crippen LogP contribution is 2.21. The Hall–Kier alpha value is -3.81. The number of hydrogen-bond donors (Lipinski definition) is 3. The highest BCUT2D eigenvalue weighted by molar-refractivity contribution is 6.02.